The van der Waals surface area contributed by atoms with Crippen molar-refractivity contribution in [3.63, 3.8) is 0 Å². The topological polar surface area (TPSA) is 246 Å². The van der Waals surface area contributed by atoms with Gasteiger partial charge in [0, 0.05) is 0 Å². The van der Waals surface area contributed by atoms with Crippen molar-refractivity contribution in [3.05, 3.63) is 58.2 Å². The minimum absolute atomic E-state index is 0.0625. The molecule has 2 aromatic rings. The maximum absolute atomic E-state index is 13.6. The standard InChI is InChI=1S/C58H88F10O25/c59-47-49(61)53(65)57(54(66)50(47)62)92-45(69)1-3-71-5-7-73-9-11-75-13-15-77-17-19-79-21-23-81-25-27-83-29-31-85-33-35-87-37-39-89-41-43-91-44-42-90-40-38-88-36-34-86-32-30-84-28-26-82-24-22-80-20-18-78-16-14-76-12-10-74-8-6-72-4-2-46(70)93-58-55(67)51(63)48(60)52(64)56(58)68/h1-44H2. The first-order valence-electron chi connectivity index (χ1n) is 29.9. The van der Waals surface area contributed by atoms with Crippen molar-refractivity contribution in [2.45, 2.75) is 12.8 Å². The number of carbonyl (C=O) groups is 2. The average molecular weight is 1380 g/mol. The van der Waals surface area contributed by atoms with Crippen LogP contribution in [0.4, 0.5) is 43.9 Å². The van der Waals surface area contributed by atoms with E-state index in [2.05, 4.69) is 9.47 Å². The van der Waals surface area contributed by atoms with Gasteiger partial charge in [0.25, 0.3) is 0 Å². The zero-order valence-corrected chi connectivity index (χ0v) is 52.1. The molecule has 2 aromatic carbocycles. The number of esters is 2. The molecule has 0 aliphatic rings. The van der Waals surface area contributed by atoms with Crippen LogP contribution in [0.25, 0.3) is 0 Å². The van der Waals surface area contributed by atoms with Crippen LogP contribution >= 0.6 is 0 Å². The molecule has 2 rings (SSSR count). The Hall–Kier alpha value is -4.16. The van der Waals surface area contributed by atoms with Gasteiger partial charge >= 0.3 is 11.9 Å². The van der Waals surface area contributed by atoms with E-state index in [9.17, 15) is 53.5 Å². The second-order valence-corrected chi connectivity index (χ2v) is 18.1. The highest BCUT2D eigenvalue weighted by Crippen LogP contribution is 2.30. The average Bonchev–Trinajstić information content (AvgIpc) is 2.50. The Morgan fingerprint density at radius 1 is 0.161 bits per heavy atom. The molecule has 0 saturated heterocycles. The summed E-state index contributed by atoms with van der Waals surface area (Å²) in [6.45, 7) is 14.1. The molecular weight excluding hydrogens is 1290 g/mol. The molecular formula is C58H88F10O25. The van der Waals surface area contributed by atoms with Crippen LogP contribution in [-0.4, -0.2) is 289 Å². The van der Waals surface area contributed by atoms with E-state index in [1.807, 2.05) is 0 Å². The van der Waals surface area contributed by atoms with E-state index in [-0.39, 0.29) is 66.1 Å². The van der Waals surface area contributed by atoms with Gasteiger partial charge in [-0.25, -0.2) is 26.3 Å². The van der Waals surface area contributed by atoms with Crippen molar-refractivity contribution < 1.29 is 162 Å². The Kier molecular flexibility index (Phi) is 55.0. The van der Waals surface area contributed by atoms with E-state index in [0.29, 0.717) is 211 Å². The van der Waals surface area contributed by atoms with E-state index in [1.165, 1.54) is 0 Å². The molecule has 0 amide bonds. The summed E-state index contributed by atoms with van der Waals surface area (Å²) in [5.41, 5.74) is 0. The lowest BCUT2D eigenvalue weighted by molar-refractivity contribution is -0.137. The van der Waals surface area contributed by atoms with Crippen molar-refractivity contribution in [2.75, 3.05) is 277 Å². The molecule has 0 aromatic heterocycles. The number of carbonyl (C=O) groups excluding carboxylic acids is 2. The monoisotopic (exact) mass is 1370 g/mol. The summed E-state index contributed by atoms with van der Waals surface area (Å²) in [5.74, 6) is -28.4. The summed E-state index contributed by atoms with van der Waals surface area (Å²) in [7, 11) is 0. The quantitative estimate of drug-likeness (QED) is 0.0217. The maximum atomic E-state index is 13.6. The van der Waals surface area contributed by atoms with Gasteiger partial charge in [0.05, 0.1) is 290 Å². The van der Waals surface area contributed by atoms with E-state index in [1.54, 1.807) is 0 Å². The summed E-state index contributed by atoms with van der Waals surface area (Å²) < 4.78 is 256. The van der Waals surface area contributed by atoms with Gasteiger partial charge in [0.2, 0.25) is 69.7 Å². The second-order valence-electron chi connectivity index (χ2n) is 18.1. The normalized spacial score (nSPS) is 11.6. The lowest BCUT2D eigenvalue weighted by Gasteiger charge is -2.09. The van der Waals surface area contributed by atoms with Gasteiger partial charge in [0.15, 0.2) is 0 Å². The zero-order chi connectivity index (χ0) is 67.5. The molecule has 93 heavy (non-hydrogen) atoms. The predicted molar refractivity (Wildman–Crippen MR) is 300 cm³/mol. The third-order valence-electron chi connectivity index (χ3n) is 11.1. The van der Waals surface area contributed by atoms with Crippen molar-refractivity contribution in [2.24, 2.45) is 0 Å². The van der Waals surface area contributed by atoms with Crippen molar-refractivity contribution in [1.82, 2.24) is 0 Å². The van der Waals surface area contributed by atoms with Crippen LogP contribution in [0.2, 0.25) is 0 Å². The van der Waals surface area contributed by atoms with Crippen LogP contribution in [0, 0.1) is 58.2 Å². The highest BCUT2D eigenvalue weighted by atomic mass is 19.2. The Morgan fingerprint density at radius 3 is 0.376 bits per heavy atom. The summed E-state index contributed by atoms with van der Waals surface area (Å²) in [6, 6.07) is 0. The zero-order valence-electron chi connectivity index (χ0n) is 52.1. The lowest BCUT2D eigenvalue weighted by Crippen LogP contribution is -2.16. The molecule has 0 bridgehead atoms. The first-order chi connectivity index (χ1) is 45.4. The summed E-state index contributed by atoms with van der Waals surface area (Å²) in [6.07, 6.45) is -1.01. The predicted octanol–water partition coefficient (Wildman–Crippen LogP) is 4.72. The maximum Gasteiger partial charge on any atom is 0.313 e. The van der Waals surface area contributed by atoms with Crippen LogP contribution in [0.1, 0.15) is 12.8 Å². The van der Waals surface area contributed by atoms with Gasteiger partial charge < -0.3 is 109 Å². The Labute approximate surface area is 533 Å². The molecule has 0 fully saturated rings. The molecule has 0 saturated carbocycles. The first kappa shape index (κ1) is 84.9. The molecule has 0 atom stereocenters. The van der Waals surface area contributed by atoms with E-state index < -0.39 is 94.5 Å². The minimum Gasteiger partial charge on any atom is -0.420 e. The summed E-state index contributed by atoms with van der Waals surface area (Å²) in [4.78, 5) is 23.4. The highest BCUT2D eigenvalue weighted by molar-refractivity contribution is 5.73. The van der Waals surface area contributed by atoms with Crippen LogP contribution in [-0.2, 0) is 109 Å². The third-order valence-corrected chi connectivity index (χ3v) is 11.1. The molecule has 0 N–H and O–H groups in total. The van der Waals surface area contributed by atoms with Crippen LogP contribution in [0.3, 0.4) is 0 Å². The second kappa shape index (κ2) is 60.3. The molecule has 25 nitrogen and oxygen atoms in total. The van der Waals surface area contributed by atoms with Gasteiger partial charge in [-0.15, -0.1) is 0 Å². The smallest absolute Gasteiger partial charge is 0.313 e. The third kappa shape index (κ3) is 45.1. The molecule has 0 spiro atoms. The van der Waals surface area contributed by atoms with Crippen LogP contribution in [0.5, 0.6) is 11.5 Å². The Morgan fingerprint density at radius 2 is 0.258 bits per heavy atom. The summed E-state index contributed by atoms with van der Waals surface area (Å²) >= 11 is 0. The fraction of sp³-hybridized carbons (Fsp3) is 0.759. The van der Waals surface area contributed by atoms with Crippen molar-refractivity contribution in [3.8, 4) is 11.5 Å². The number of ether oxygens (including phenoxy) is 23. The van der Waals surface area contributed by atoms with E-state index >= 15 is 0 Å². The van der Waals surface area contributed by atoms with E-state index in [4.69, 9.17) is 99.5 Å². The van der Waals surface area contributed by atoms with Crippen molar-refractivity contribution >= 4 is 11.9 Å². The number of hydrogen-bond acceptors (Lipinski definition) is 25. The summed E-state index contributed by atoms with van der Waals surface area (Å²) in [5, 5.41) is 0. The van der Waals surface area contributed by atoms with Gasteiger partial charge in [-0.3, -0.25) is 9.59 Å². The Balaban J connectivity index is 1.13. The fourth-order valence-electron chi connectivity index (χ4n) is 6.49. The number of hydrogen-bond donors (Lipinski definition) is 0. The fourth-order valence-corrected chi connectivity index (χ4v) is 6.49. The molecule has 35 heteroatoms. The molecule has 0 heterocycles. The molecule has 0 unspecified atom stereocenters. The SMILES string of the molecule is O=C(CCOCCOCCOCCOCCOCCOCCOCCOCCOCCOCCOCCOCCOCCOCCOCCOCCOCCOCCOCCOCCOCCC(=O)Oc1c(F)c(F)c(F)c(F)c1F)Oc1c(F)c(F)c(F)c(F)c1F. The highest BCUT2D eigenvalue weighted by Gasteiger charge is 2.30. The van der Waals surface area contributed by atoms with E-state index in [0.717, 1.165) is 0 Å². The van der Waals surface area contributed by atoms with Crippen LogP contribution in [0.15, 0.2) is 0 Å². The lowest BCUT2D eigenvalue weighted by atomic mass is 10.2. The molecule has 0 aliphatic carbocycles. The Bertz CT molecular complexity index is 1970. The number of rotatable bonds is 68. The largest absolute Gasteiger partial charge is 0.420 e. The molecule has 540 valence electrons. The molecule has 0 aliphatic heterocycles. The van der Waals surface area contributed by atoms with Gasteiger partial charge in [-0.2, -0.15) is 17.6 Å². The van der Waals surface area contributed by atoms with Crippen molar-refractivity contribution in [1.29, 1.82) is 0 Å². The molecule has 0 radical (unpaired) electrons. The first-order valence-corrected chi connectivity index (χ1v) is 29.9. The van der Waals surface area contributed by atoms with Gasteiger partial charge in [-0.1, -0.05) is 0 Å². The van der Waals surface area contributed by atoms with Gasteiger partial charge in [-0.05, 0) is 0 Å². The van der Waals surface area contributed by atoms with Gasteiger partial charge in [0.1, 0.15) is 0 Å². The number of halogens is 10. The minimum atomic E-state index is -2.36. The number of benzene rings is 2. The van der Waals surface area contributed by atoms with Crippen LogP contribution < -0.4 is 9.47 Å².